The van der Waals surface area contributed by atoms with Crippen LogP contribution in [-0.2, 0) is 85.3 Å². The van der Waals surface area contributed by atoms with Crippen LogP contribution in [0.5, 0.6) is 0 Å². The molecule has 44 atom stereocenters. The first kappa shape index (κ1) is 82.3. The molecule has 9 fully saturated rings. The molecule has 0 aromatic heterocycles. The Bertz CT molecular complexity index is 2430. The quantitative estimate of drug-likeness (QED) is 0.0382. The number of hydrogen-bond acceptors (Lipinski definition) is 44. The molecule has 44 nitrogen and oxygen atoms in total. The van der Waals surface area contributed by atoms with Crippen molar-refractivity contribution < 1.29 is 218 Å². The lowest BCUT2D eigenvalue weighted by Crippen LogP contribution is -2.68. The summed E-state index contributed by atoms with van der Waals surface area (Å²) in [6.07, 6.45) is -81.4. The molecule has 0 aromatic rings. The number of hydrogen-bond donors (Lipinski definition) is 26. The summed E-state index contributed by atoms with van der Waals surface area (Å²) in [6, 6.07) is 0. The Hall–Kier alpha value is -1.76. The predicted molar refractivity (Wildman–Crippen MR) is 304 cm³/mol. The first-order valence-electron chi connectivity index (χ1n) is 32.3. The van der Waals surface area contributed by atoms with Gasteiger partial charge in [-0.15, -0.1) is 0 Å². The third-order valence-electron chi connectivity index (χ3n) is 19.2. The van der Waals surface area contributed by atoms with Crippen LogP contribution in [0.1, 0.15) is 13.3 Å². The fraction of sp³-hybridized carbons (Fsp3) is 1.00. The van der Waals surface area contributed by atoms with Crippen LogP contribution in [-0.4, -0.2) is 463 Å². The minimum Gasteiger partial charge on any atom is -0.394 e. The van der Waals surface area contributed by atoms with Crippen molar-refractivity contribution in [2.45, 2.75) is 277 Å². The average Bonchev–Trinajstić information content (AvgIpc) is 0.778. The molecule has 9 aliphatic rings. The zero-order valence-electron chi connectivity index (χ0n) is 53.5. The minimum atomic E-state index is -2.35. The van der Waals surface area contributed by atoms with E-state index in [9.17, 15) is 133 Å². The Balaban J connectivity index is 0.910. The van der Waals surface area contributed by atoms with E-state index in [2.05, 4.69) is 0 Å². The Kier molecular flexibility index (Phi) is 29.6. The molecule has 44 heteroatoms. The van der Waals surface area contributed by atoms with Gasteiger partial charge < -0.3 is 218 Å². The molecule has 7 unspecified atom stereocenters. The second-order valence-electron chi connectivity index (χ2n) is 25.7. The van der Waals surface area contributed by atoms with Gasteiger partial charge in [0, 0.05) is 19.4 Å². The molecule has 0 saturated carbocycles. The number of aliphatic hydroxyl groups excluding tert-OH is 26. The summed E-state index contributed by atoms with van der Waals surface area (Å²) in [5.41, 5.74) is 0. The van der Waals surface area contributed by atoms with Gasteiger partial charge in [-0.25, -0.2) is 0 Å². The number of aliphatic hydroxyl groups is 26. The van der Waals surface area contributed by atoms with Gasteiger partial charge in [0.25, 0.3) is 0 Å². The molecule has 26 N–H and O–H groups in total. The third kappa shape index (κ3) is 17.4. The Morgan fingerprint density at radius 2 is 0.530 bits per heavy atom. The van der Waals surface area contributed by atoms with Crippen molar-refractivity contribution in [3.05, 3.63) is 0 Å². The second kappa shape index (κ2) is 36.0. The van der Waals surface area contributed by atoms with Crippen molar-refractivity contribution in [3.63, 3.8) is 0 Å². The molecular weight excluding hydrogens is 1380 g/mol. The third-order valence-corrected chi connectivity index (χ3v) is 19.2. The van der Waals surface area contributed by atoms with Crippen LogP contribution >= 0.6 is 0 Å². The van der Waals surface area contributed by atoms with Crippen LogP contribution < -0.4 is 0 Å². The van der Waals surface area contributed by atoms with E-state index < -0.39 is 330 Å². The number of ether oxygens (including phenoxy) is 18. The van der Waals surface area contributed by atoms with Crippen molar-refractivity contribution >= 4 is 0 Å². The van der Waals surface area contributed by atoms with Crippen molar-refractivity contribution in [2.24, 2.45) is 5.92 Å². The molecule has 0 aliphatic carbocycles. The standard InChI is InChI=1S/C56H96O44/c1-13-25(65)49(84-11-22-26(66)14(64)3-24(83-2)86-22)90-18(7-60)43(13)95-55-41(81)35(75)47(99-54-40(80)34(74)46(21(10-63)93-54)97-53-39(79)33(73)45(20(9-62)92-53)96-51-36(76)30(70)27(67)15(4-57)87-51)23(94-55)12-85-50-38(78)32(72)44(19(8-61)91-50)98-56-42(82)48(29(69)17(6-59)89-56)100-52-37(77)31(71)28(68)16(5-58)88-52/h13-82H,3-12H2,1-2H3/t13-,14-,15-,16+,17-,18-,19-,20-,21-,22?,23-,24-,25-,26+,27-,28+,29-,30+,31-,32-,33-,34-,35-,36-,37+,38-,39-,40-,41-,42-,43?,44-,45-,46?,47?,48+,49+,50?,51-,52?,53-,54-,55+,56?/m1/s1. The van der Waals surface area contributed by atoms with Crippen molar-refractivity contribution in [1.29, 1.82) is 0 Å². The van der Waals surface area contributed by atoms with Gasteiger partial charge in [0.2, 0.25) is 0 Å². The summed E-state index contributed by atoms with van der Waals surface area (Å²) in [5, 5.41) is 282. The molecule has 9 saturated heterocycles. The molecule has 0 aromatic carbocycles. The number of rotatable bonds is 26. The van der Waals surface area contributed by atoms with E-state index in [0.29, 0.717) is 0 Å². The summed E-state index contributed by atoms with van der Waals surface area (Å²) in [6.45, 7) is -7.09. The van der Waals surface area contributed by atoms with Crippen LogP contribution in [0.4, 0.5) is 0 Å². The molecule has 9 rings (SSSR count). The second-order valence-corrected chi connectivity index (χ2v) is 25.7. The van der Waals surface area contributed by atoms with Crippen molar-refractivity contribution in [1.82, 2.24) is 0 Å². The highest BCUT2D eigenvalue weighted by atomic mass is 16.8. The summed E-state index contributed by atoms with van der Waals surface area (Å²) in [7, 11) is 1.30. The molecular formula is C56H96O44. The maximum Gasteiger partial charge on any atom is 0.187 e. The van der Waals surface area contributed by atoms with E-state index in [4.69, 9.17) is 85.3 Å². The first-order valence-corrected chi connectivity index (χ1v) is 32.3. The molecule has 9 aliphatic heterocycles. The van der Waals surface area contributed by atoms with Crippen LogP contribution in [0.25, 0.3) is 0 Å². The van der Waals surface area contributed by atoms with Crippen LogP contribution in [0.15, 0.2) is 0 Å². The fourth-order valence-electron chi connectivity index (χ4n) is 13.2. The zero-order chi connectivity index (χ0) is 73.2. The first-order chi connectivity index (χ1) is 47.5. The summed E-state index contributed by atoms with van der Waals surface area (Å²) in [4.78, 5) is 0. The highest BCUT2D eigenvalue weighted by Crippen LogP contribution is 2.40. The van der Waals surface area contributed by atoms with E-state index in [-0.39, 0.29) is 6.42 Å². The predicted octanol–water partition coefficient (Wildman–Crippen LogP) is -17.7. The molecule has 0 amide bonds. The van der Waals surface area contributed by atoms with Gasteiger partial charge in [0.1, 0.15) is 195 Å². The van der Waals surface area contributed by atoms with E-state index in [1.165, 1.54) is 14.0 Å². The van der Waals surface area contributed by atoms with Crippen LogP contribution in [0.3, 0.4) is 0 Å². The molecule has 0 spiro atoms. The Morgan fingerprint density at radius 3 is 0.920 bits per heavy atom. The van der Waals surface area contributed by atoms with Gasteiger partial charge >= 0.3 is 0 Å². The topological polar surface area (TPSA) is 692 Å². The molecule has 9 heterocycles. The van der Waals surface area contributed by atoms with Gasteiger partial charge in [-0.05, 0) is 0 Å². The number of methoxy groups -OCH3 is 1. The van der Waals surface area contributed by atoms with Crippen molar-refractivity contribution in [3.8, 4) is 0 Å². The largest absolute Gasteiger partial charge is 0.394 e. The Morgan fingerprint density at radius 1 is 0.250 bits per heavy atom. The van der Waals surface area contributed by atoms with E-state index in [1.807, 2.05) is 0 Å². The zero-order valence-corrected chi connectivity index (χ0v) is 53.5. The van der Waals surface area contributed by atoms with Gasteiger partial charge in [-0.3, -0.25) is 0 Å². The van der Waals surface area contributed by atoms with Gasteiger partial charge in [-0.1, -0.05) is 6.92 Å². The maximum atomic E-state index is 12.1. The average molecular weight is 1470 g/mol. The highest BCUT2D eigenvalue weighted by molar-refractivity contribution is 5.02. The SMILES string of the molecule is CO[C@H]1C[C@@H](O)[C@H](O)C(CO[C@H]2O[C@H](CO)C(O[C@@H]3O[C@H](COC4O[C@H](CO)[C@@H](OC5O[C@H](CO)[C@@H](O)[C@H](OC6O[C@@H](CO)[C@H](O)[C@@H](O)[C@@H]6O)[C@H]5O)[C@H](O)[C@H]4O)C(O[C@H]4O[C@H](CO)C(O[C@H]5O[C@H](CO)[C@@H](O[C@H]6O[C@H](CO)[C@@H](O)[C@H](O)[C@H]6O)[C@H](O)[C@H]5O)[C@H](O)[C@H]4O)[C@H](O)[C@H]3O)[C@H](C)[C@H]2O)O1. The normalized spacial score (nSPS) is 52.9. The van der Waals surface area contributed by atoms with Crippen molar-refractivity contribution in [2.75, 3.05) is 66.6 Å². The molecule has 0 radical (unpaired) electrons. The Labute approximate surface area is 566 Å². The fourth-order valence-corrected chi connectivity index (χ4v) is 13.2. The molecule has 100 heavy (non-hydrogen) atoms. The minimum absolute atomic E-state index is 0.0817. The summed E-state index contributed by atoms with van der Waals surface area (Å²) in [5.74, 6) is -1.15. The van der Waals surface area contributed by atoms with Gasteiger partial charge in [0.05, 0.1) is 71.7 Å². The van der Waals surface area contributed by atoms with Crippen LogP contribution in [0.2, 0.25) is 0 Å². The lowest BCUT2D eigenvalue weighted by molar-refractivity contribution is -0.396. The van der Waals surface area contributed by atoms with E-state index in [0.717, 1.165) is 0 Å². The lowest BCUT2D eigenvalue weighted by atomic mass is 9.90. The van der Waals surface area contributed by atoms with Crippen LogP contribution in [0, 0.1) is 5.92 Å². The molecule has 584 valence electrons. The smallest absolute Gasteiger partial charge is 0.187 e. The van der Waals surface area contributed by atoms with Gasteiger partial charge in [0.15, 0.2) is 56.6 Å². The molecule has 0 bridgehead atoms. The van der Waals surface area contributed by atoms with E-state index >= 15 is 0 Å². The maximum absolute atomic E-state index is 12.1. The summed E-state index contributed by atoms with van der Waals surface area (Å²) >= 11 is 0. The van der Waals surface area contributed by atoms with Gasteiger partial charge in [-0.2, -0.15) is 0 Å². The monoisotopic (exact) mass is 1470 g/mol. The lowest BCUT2D eigenvalue weighted by Gasteiger charge is -2.50. The summed E-state index contributed by atoms with van der Waals surface area (Å²) < 4.78 is 103. The highest BCUT2D eigenvalue weighted by Gasteiger charge is 2.59. The van der Waals surface area contributed by atoms with E-state index in [1.54, 1.807) is 0 Å².